The molecule has 3 unspecified atom stereocenters. The van der Waals surface area contributed by atoms with Crippen LogP contribution in [-0.2, 0) is 0 Å². The molecule has 0 aromatic heterocycles. The molecule has 3 nitrogen and oxygen atoms in total. The largest absolute Gasteiger partial charge is 0.326 e. The van der Waals surface area contributed by atoms with Crippen molar-refractivity contribution in [3.8, 4) is 0 Å². The maximum absolute atomic E-state index is 6.19. The van der Waals surface area contributed by atoms with E-state index in [-0.39, 0.29) is 0 Å². The molecule has 1 fully saturated rings. The molecule has 15 heavy (non-hydrogen) atoms. The van der Waals surface area contributed by atoms with Crippen LogP contribution in [0.15, 0.2) is 0 Å². The predicted molar refractivity (Wildman–Crippen MR) is 66.0 cm³/mol. The van der Waals surface area contributed by atoms with Crippen molar-refractivity contribution in [2.24, 2.45) is 11.7 Å². The van der Waals surface area contributed by atoms with Gasteiger partial charge >= 0.3 is 0 Å². The van der Waals surface area contributed by atoms with Gasteiger partial charge in [-0.05, 0) is 46.3 Å². The lowest BCUT2D eigenvalue weighted by Crippen LogP contribution is -2.50. The molecule has 0 saturated heterocycles. The zero-order chi connectivity index (χ0) is 11.4. The van der Waals surface area contributed by atoms with E-state index in [0.717, 1.165) is 19.0 Å². The minimum Gasteiger partial charge on any atom is -0.326 e. The molecule has 1 rings (SSSR count). The summed E-state index contributed by atoms with van der Waals surface area (Å²) in [5.74, 6) is 0.844. The molecule has 1 aliphatic rings. The molecule has 1 aliphatic carbocycles. The quantitative estimate of drug-likeness (QED) is 0.756. The summed E-state index contributed by atoms with van der Waals surface area (Å²) < 4.78 is 0. The lowest BCUT2D eigenvalue weighted by molar-refractivity contribution is 0.134. The van der Waals surface area contributed by atoms with Crippen molar-refractivity contribution >= 4 is 0 Å². The third-order valence-electron chi connectivity index (χ3n) is 3.60. The van der Waals surface area contributed by atoms with Gasteiger partial charge in [-0.25, -0.2) is 0 Å². The minimum atomic E-state index is 0.383. The lowest BCUT2D eigenvalue weighted by atomic mass is 9.83. The van der Waals surface area contributed by atoms with Crippen molar-refractivity contribution in [1.82, 2.24) is 9.80 Å². The maximum atomic E-state index is 6.19. The second-order valence-corrected chi connectivity index (χ2v) is 5.43. The van der Waals surface area contributed by atoms with Crippen molar-refractivity contribution in [3.63, 3.8) is 0 Å². The van der Waals surface area contributed by atoms with Crippen LogP contribution in [0.4, 0.5) is 0 Å². The smallest absolute Gasteiger partial charge is 0.0247 e. The fraction of sp³-hybridized carbons (Fsp3) is 1.00. The van der Waals surface area contributed by atoms with Gasteiger partial charge < -0.3 is 15.5 Å². The third kappa shape index (κ3) is 4.09. The Morgan fingerprint density at radius 1 is 1.13 bits per heavy atom. The predicted octanol–water partition coefficient (Wildman–Crippen LogP) is 0.996. The van der Waals surface area contributed by atoms with Crippen LogP contribution in [0.25, 0.3) is 0 Å². The van der Waals surface area contributed by atoms with Gasteiger partial charge in [0.1, 0.15) is 0 Å². The van der Waals surface area contributed by atoms with Crippen LogP contribution >= 0.6 is 0 Å². The number of rotatable bonds is 4. The summed E-state index contributed by atoms with van der Waals surface area (Å²) in [6, 6.07) is 0.974. The van der Waals surface area contributed by atoms with Gasteiger partial charge in [0.25, 0.3) is 0 Å². The van der Waals surface area contributed by atoms with Crippen molar-refractivity contribution in [2.45, 2.75) is 38.3 Å². The molecule has 0 heterocycles. The van der Waals surface area contributed by atoms with Gasteiger partial charge in [0.2, 0.25) is 0 Å². The molecule has 0 amide bonds. The Kier molecular flexibility index (Phi) is 5.03. The van der Waals surface area contributed by atoms with Gasteiger partial charge in [-0.1, -0.05) is 6.92 Å². The first kappa shape index (κ1) is 12.9. The van der Waals surface area contributed by atoms with E-state index >= 15 is 0 Å². The van der Waals surface area contributed by atoms with E-state index in [4.69, 9.17) is 5.73 Å². The summed E-state index contributed by atoms with van der Waals surface area (Å²) >= 11 is 0. The number of hydrogen-bond donors (Lipinski definition) is 1. The van der Waals surface area contributed by atoms with Crippen LogP contribution in [-0.4, -0.2) is 56.1 Å². The van der Waals surface area contributed by atoms with E-state index in [2.05, 4.69) is 37.9 Å². The average Bonchev–Trinajstić information content (AvgIpc) is 2.18. The Balaban J connectivity index is 2.38. The highest BCUT2D eigenvalue weighted by molar-refractivity contribution is 4.87. The van der Waals surface area contributed by atoms with E-state index in [1.807, 2.05) is 0 Å². The molecular formula is C12H27N3. The van der Waals surface area contributed by atoms with Crippen LogP contribution in [0, 0.1) is 5.92 Å². The molecule has 2 N–H and O–H groups in total. The summed E-state index contributed by atoms with van der Waals surface area (Å²) in [6.07, 6.45) is 3.77. The second kappa shape index (κ2) is 5.83. The van der Waals surface area contributed by atoms with E-state index in [1.54, 1.807) is 0 Å². The number of likely N-dealkylation sites (N-methyl/N-ethyl adjacent to an activating group) is 2. The molecular weight excluding hydrogens is 186 g/mol. The average molecular weight is 213 g/mol. The first-order valence-corrected chi connectivity index (χ1v) is 6.11. The maximum Gasteiger partial charge on any atom is 0.0247 e. The normalized spacial score (nSPS) is 32.6. The van der Waals surface area contributed by atoms with Crippen LogP contribution in [0.2, 0.25) is 0 Å². The van der Waals surface area contributed by atoms with E-state index < -0.39 is 0 Å². The van der Waals surface area contributed by atoms with Crippen molar-refractivity contribution in [2.75, 3.05) is 34.2 Å². The van der Waals surface area contributed by atoms with E-state index in [9.17, 15) is 0 Å². The summed E-state index contributed by atoms with van der Waals surface area (Å²) in [5.41, 5.74) is 6.19. The van der Waals surface area contributed by atoms with Crippen LogP contribution in [0.1, 0.15) is 26.2 Å². The highest BCUT2D eigenvalue weighted by Gasteiger charge is 2.28. The topological polar surface area (TPSA) is 32.5 Å². The molecule has 90 valence electrons. The highest BCUT2D eigenvalue weighted by Crippen LogP contribution is 2.25. The molecule has 0 radical (unpaired) electrons. The summed E-state index contributed by atoms with van der Waals surface area (Å²) in [7, 11) is 6.46. The Morgan fingerprint density at radius 3 is 2.40 bits per heavy atom. The molecule has 0 aliphatic heterocycles. The number of nitrogens with two attached hydrogens (primary N) is 1. The molecule has 0 spiro atoms. The summed E-state index contributed by atoms with van der Waals surface area (Å²) in [5, 5.41) is 0. The molecule has 3 heteroatoms. The van der Waals surface area contributed by atoms with Gasteiger partial charge in [0.05, 0.1) is 0 Å². The first-order chi connectivity index (χ1) is 7.00. The van der Waals surface area contributed by atoms with Crippen LogP contribution < -0.4 is 5.73 Å². The highest BCUT2D eigenvalue weighted by atomic mass is 15.2. The molecule has 3 atom stereocenters. The third-order valence-corrected chi connectivity index (χ3v) is 3.60. The summed E-state index contributed by atoms with van der Waals surface area (Å²) in [6.45, 7) is 4.59. The molecule has 1 saturated carbocycles. The standard InChI is InChI=1S/C12H27N3/c1-10-5-6-11(13)12(9-10)15(4)8-7-14(2)3/h10-12H,5-9,13H2,1-4H3. The SMILES string of the molecule is CC1CCC(N)C(N(C)CCN(C)C)C1. The Bertz CT molecular complexity index is 182. The van der Waals surface area contributed by atoms with Crippen molar-refractivity contribution < 1.29 is 0 Å². The van der Waals surface area contributed by atoms with Gasteiger partial charge in [-0.15, -0.1) is 0 Å². The van der Waals surface area contributed by atoms with Crippen molar-refractivity contribution in [1.29, 1.82) is 0 Å². The van der Waals surface area contributed by atoms with Crippen molar-refractivity contribution in [3.05, 3.63) is 0 Å². The zero-order valence-corrected chi connectivity index (χ0v) is 10.7. The Morgan fingerprint density at radius 2 is 1.80 bits per heavy atom. The van der Waals surface area contributed by atoms with E-state index in [0.29, 0.717) is 12.1 Å². The summed E-state index contributed by atoms with van der Waals surface area (Å²) in [4.78, 5) is 4.68. The Labute approximate surface area is 94.6 Å². The van der Waals surface area contributed by atoms with Gasteiger partial charge in [-0.3, -0.25) is 0 Å². The van der Waals surface area contributed by atoms with Gasteiger partial charge in [-0.2, -0.15) is 0 Å². The number of hydrogen-bond acceptors (Lipinski definition) is 3. The van der Waals surface area contributed by atoms with E-state index in [1.165, 1.54) is 19.3 Å². The zero-order valence-electron chi connectivity index (χ0n) is 10.7. The second-order valence-electron chi connectivity index (χ2n) is 5.43. The molecule has 0 bridgehead atoms. The number of nitrogens with zero attached hydrogens (tertiary/aromatic N) is 2. The van der Waals surface area contributed by atoms with Crippen LogP contribution in [0.5, 0.6) is 0 Å². The molecule has 0 aromatic rings. The Hall–Kier alpha value is -0.120. The first-order valence-electron chi connectivity index (χ1n) is 6.11. The van der Waals surface area contributed by atoms with Gasteiger partial charge in [0.15, 0.2) is 0 Å². The van der Waals surface area contributed by atoms with Crippen LogP contribution in [0.3, 0.4) is 0 Å². The lowest BCUT2D eigenvalue weighted by Gasteiger charge is -2.39. The molecule has 0 aromatic carbocycles. The van der Waals surface area contributed by atoms with Gasteiger partial charge in [0, 0.05) is 25.2 Å². The fourth-order valence-electron chi connectivity index (χ4n) is 2.40. The monoisotopic (exact) mass is 213 g/mol. The fourth-order valence-corrected chi connectivity index (χ4v) is 2.40. The minimum absolute atomic E-state index is 0.383.